The van der Waals surface area contributed by atoms with Crippen LogP contribution in [0.2, 0.25) is 0 Å². The maximum atomic E-state index is 13.0. The van der Waals surface area contributed by atoms with E-state index in [4.69, 9.17) is 11.5 Å². The number of nitrogens with one attached hydrogen (secondary N) is 3. The number of phenols is 1. The molecule has 12 heteroatoms. The fourth-order valence-electron chi connectivity index (χ4n) is 3.46. The third kappa shape index (κ3) is 11.0. The first-order valence-corrected chi connectivity index (χ1v) is 12.0. The van der Waals surface area contributed by atoms with E-state index < -0.39 is 54.5 Å². The molecule has 10 N–H and O–H groups in total. The monoisotopic (exact) mass is 509 g/mol. The van der Waals surface area contributed by atoms with Gasteiger partial charge in [-0.1, -0.05) is 26.0 Å². The Kier molecular flexibility index (Phi) is 13.4. The molecule has 4 unspecified atom stereocenters. The highest BCUT2D eigenvalue weighted by atomic mass is 16.4. The number of rotatable bonds is 16. The van der Waals surface area contributed by atoms with E-state index in [2.05, 4.69) is 16.0 Å². The van der Waals surface area contributed by atoms with Gasteiger partial charge < -0.3 is 42.7 Å². The maximum absolute atomic E-state index is 13.0. The van der Waals surface area contributed by atoms with Gasteiger partial charge in [0.05, 0.1) is 12.6 Å². The summed E-state index contributed by atoms with van der Waals surface area (Å²) in [5.74, 6) is -3.25. The highest BCUT2D eigenvalue weighted by Crippen LogP contribution is 2.12. The number of amides is 3. The van der Waals surface area contributed by atoms with Gasteiger partial charge in [0, 0.05) is 6.42 Å². The van der Waals surface area contributed by atoms with Crippen molar-refractivity contribution in [2.24, 2.45) is 17.4 Å². The zero-order chi connectivity index (χ0) is 27.3. The minimum atomic E-state index is -1.34. The van der Waals surface area contributed by atoms with Crippen molar-refractivity contribution >= 4 is 23.7 Å². The molecule has 0 aromatic heterocycles. The summed E-state index contributed by atoms with van der Waals surface area (Å²) in [4.78, 5) is 49.8. The lowest BCUT2D eigenvalue weighted by atomic mass is 10.0. The zero-order valence-corrected chi connectivity index (χ0v) is 20.8. The Hall–Kier alpha value is -3.22. The summed E-state index contributed by atoms with van der Waals surface area (Å²) < 4.78 is 0. The van der Waals surface area contributed by atoms with Crippen LogP contribution in [0, 0.1) is 5.92 Å². The van der Waals surface area contributed by atoms with Gasteiger partial charge in [0.25, 0.3) is 0 Å². The van der Waals surface area contributed by atoms with E-state index in [0.29, 0.717) is 31.4 Å². The van der Waals surface area contributed by atoms with Crippen molar-refractivity contribution in [3.63, 3.8) is 0 Å². The Bertz CT molecular complexity index is 863. The van der Waals surface area contributed by atoms with Crippen LogP contribution in [0.3, 0.4) is 0 Å². The number of aromatic hydroxyl groups is 1. The van der Waals surface area contributed by atoms with Crippen LogP contribution in [0.1, 0.15) is 45.1 Å². The number of carboxylic acid groups (broad SMARTS) is 1. The number of nitrogens with two attached hydrogens (primary N) is 2. The molecule has 1 aromatic rings. The number of carbonyl (C=O) groups is 4. The fourth-order valence-corrected chi connectivity index (χ4v) is 3.46. The van der Waals surface area contributed by atoms with Gasteiger partial charge in [-0.15, -0.1) is 0 Å². The van der Waals surface area contributed by atoms with E-state index in [-0.39, 0.29) is 24.5 Å². The van der Waals surface area contributed by atoms with Crippen molar-refractivity contribution in [1.82, 2.24) is 16.0 Å². The number of hydrogen-bond acceptors (Lipinski definition) is 8. The minimum Gasteiger partial charge on any atom is -0.508 e. The molecule has 202 valence electrons. The largest absolute Gasteiger partial charge is 0.508 e. The van der Waals surface area contributed by atoms with E-state index >= 15 is 0 Å². The molecule has 0 radical (unpaired) electrons. The van der Waals surface area contributed by atoms with Crippen LogP contribution < -0.4 is 27.4 Å². The van der Waals surface area contributed by atoms with Crippen LogP contribution in [-0.2, 0) is 25.6 Å². The first kappa shape index (κ1) is 30.8. The molecule has 0 fully saturated rings. The smallest absolute Gasteiger partial charge is 0.326 e. The molecule has 3 amide bonds. The van der Waals surface area contributed by atoms with E-state index in [1.54, 1.807) is 0 Å². The van der Waals surface area contributed by atoms with Gasteiger partial charge >= 0.3 is 5.97 Å². The normalized spacial score (nSPS) is 14.4. The average Bonchev–Trinajstić information content (AvgIpc) is 2.81. The Morgan fingerprint density at radius 3 is 1.97 bits per heavy atom. The summed E-state index contributed by atoms with van der Waals surface area (Å²) >= 11 is 0. The van der Waals surface area contributed by atoms with Gasteiger partial charge in [-0.2, -0.15) is 0 Å². The quantitative estimate of drug-likeness (QED) is 0.128. The Morgan fingerprint density at radius 1 is 0.889 bits per heavy atom. The topological polar surface area (TPSA) is 217 Å². The molecular formula is C24H39N5O7. The first-order chi connectivity index (χ1) is 17.0. The van der Waals surface area contributed by atoms with Gasteiger partial charge in [-0.3, -0.25) is 14.4 Å². The van der Waals surface area contributed by atoms with E-state index in [1.807, 2.05) is 13.8 Å². The van der Waals surface area contributed by atoms with Crippen molar-refractivity contribution in [2.45, 2.75) is 70.1 Å². The number of aliphatic hydroxyl groups excluding tert-OH is 1. The number of unbranched alkanes of at least 4 members (excludes halogenated alkanes) is 1. The molecule has 0 aliphatic carbocycles. The molecule has 0 aliphatic heterocycles. The molecule has 1 rings (SSSR count). The number of benzene rings is 1. The Morgan fingerprint density at radius 2 is 1.44 bits per heavy atom. The number of carbonyl (C=O) groups excluding carboxylic acids is 3. The number of hydrogen-bond donors (Lipinski definition) is 8. The molecule has 36 heavy (non-hydrogen) atoms. The van der Waals surface area contributed by atoms with Gasteiger partial charge in [-0.25, -0.2) is 4.79 Å². The lowest BCUT2D eigenvalue weighted by molar-refractivity contribution is -0.142. The van der Waals surface area contributed by atoms with Gasteiger partial charge in [0.1, 0.15) is 23.9 Å². The molecule has 0 aliphatic rings. The molecule has 1 aromatic carbocycles. The second kappa shape index (κ2) is 15.7. The van der Waals surface area contributed by atoms with Crippen LogP contribution in [0.15, 0.2) is 24.3 Å². The number of aliphatic hydroxyl groups is 1. The van der Waals surface area contributed by atoms with Crippen molar-refractivity contribution < 1.29 is 34.5 Å². The fraction of sp³-hybridized carbons (Fsp3) is 0.583. The number of aliphatic carboxylic acids is 1. The lowest BCUT2D eigenvalue weighted by Crippen LogP contribution is -2.58. The van der Waals surface area contributed by atoms with Crippen molar-refractivity contribution in [3.8, 4) is 5.75 Å². The molecule has 0 saturated heterocycles. The zero-order valence-electron chi connectivity index (χ0n) is 20.8. The third-order valence-corrected chi connectivity index (χ3v) is 5.45. The van der Waals surface area contributed by atoms with E-state index in [1.165, 1.54) is 24.3 Å². The molecule has 4 atom stereocenters. The molecule has 0 saturated carbocycles. The summed E-state index contributed by atoms with van der Waals surface area (Å²) in [5.41, 5.74) is 11.9. The number of carboxylic acids is 1. The van der Waals surface area contributed by atoms with Crippen LogP contribution in [0.5, 0.6) is 5.75 Å². The predicted molar refractivity (Wildman–Crippen MR) is 133 cm³/mol. The van der Waals surface area contributed by atoms with Crippen molar-refractivity contribution in [2.75, 3.05) is 13.2 Å². The predicted octanol–water partition coefficient (Wildman–Crippen LogP) is -1.03. The lowest BCUT2D eigenvalue weighted by Gasteiger charge is -2.24. The van der Waals surface area contributed by atoms with Gasteiger partial charge in [0.2, 0.25) is 17.7 Å². The highest BCUT2D eigenvalue weighted by Gasteiger charge is 2.30. The van der Waals surface area contributed by atoms with Crippen molar-refractivity contribution in [3.05, 3.63) is 29.8 Å². The van der Waals surface area contributed by atoms with Gasteiger partial charge in [0.15, 0.2) is 0 Å². The Balaban J connectivity index is 2.92. The number of phenolic OH excluding ortho intramolecular Hbond substituents is 1. The second-order valence-electron chi connectivity index (χ2n) is 9.10. The molecule has 0 bridgehead atoms. The van der Waals surface area contributed by atoms with Crippen molar-refractivity contribution in [1.29, 1.82) is 0 Å². The maximum Gasteiger partial charge on any atom is 0.326 e. The molecular weight excluding hydrogens is 470 g/mol. The van der Waals surface area contributed by atoms with Crippen LogP contribution in [-0.4, -0.2) is 76.3 Å². The summed E-state index contributed by atoms with van der Waals surface area (Å²) in [7, 11) is 0. The second-order valence-corrected chi connectivity index (χ2v) is 9.10. The molecule has 12 nitrogen and oxygen atoms in total. The van der Waals surface area contributed by atoms with E-state index in [9.17, 15) is 34.5 Å². The van der Waals surface area contributed by atoms with Crippen LogP contribution in [0.4, 0.5) is 0 Å². The average molecular weight is 510 g/mol. The molecule has 0 spiro atoms. The summed E-state index contributed by atoms with van der Waals surface area (Å²) in [6, 6.07) is 1.26. The van der Waals surface area contributed by atoms with E-state index in [0.717, 1.165) is 0 Å². The first-order valence-electron chi connectivity index (χ1n) is 12.0. The molecule has 0 heterocycles. The summed E-state index contributed by atoms with van der Waals surface area (Å²) in [5, 5.41) is 36.0. The minimum absolute atomic E-state index is 0.0213. The van der Waals surface area contributed by atoms with Gasteiger partial charge in [-0.05, 0) is 55.8 Å². The highest BCUT2D eigenvalue weighted by molar-refractivity contribution is 5.94. The standard InChI is InChI=1S/C24H39N5O7/c1-14(2)11-17(26)21(32)29-20(13-30)23(34)27-18(5-3-4-10-25)22(33)28-19(24(35)36)12-15-6-8-16(31)9-7-15/h6-9,14,17-20,30-31H,3-5,10-13,25-26H2,1-2H3,(H,27,34)(H,28,33)(H,29,32)(H,35,36). The van der Waals surface area contributed by atoms with Crippen LogP contribution in [0.25, 0.3) is 0 Å². The summed E-state index contributed by atoms with van der Waals surface area (Å²) in [6.07, 6.45) is 1.54. The van der Waals surface area contributed by atoms with Crippen LogP contribution >= 0.6 is 0 Å². The third-order valence-electron chi connectivity index (χ3n) is 5.45. The SMILES string of the molecule is CC(C)CC(N)C(=O)NC(CO)C(=O)NC(CCCCN)C(=O)NC(Cc1ccc(O)cc1)C(=O)O. The summed E-state index contributed by atoms with van der Waals surface area (Å²) in [6.45, 7) is 3.42. The Labute approximate surface area is 210 Å².